The molecular weight excluding hydrogens is 329 g/mol. The molecule has 2 heterocycles. The smallest absolute Gasteiger partial charge is 0.271 e. The molecule has 1 amide bonds. The zero-order valence-corrected chi connectivity index (χ0v) is 13.6. The van der Waals surface area contributed by atoms with E-state index in [1.54, 1.807) is 36.0 Å². The summed E-state index contributed by atoms with van der Waals surface area (Å²) in [6.45, 7) is 0.358. The summed E-state index contributed by atoms with van der Waals surface area (Å²) in [5, 5.41) is 4.82. The van der Waals surface area contributed by atoms with E-state index in [9.17, 15) is 9.18 Å². The molecule has 1 N–H and O–H groups in total. The Bertz CT molecular complexity index is 852. The van der Waals surface area contributed by atoms with Gasteiger partial charge in [0, 0.05) is 35.9 Å². The largest absolute Gasteiger partial charge is 0.497 e. The lowest BCUT2D eigenvalue weighted by molar-refractivity contribution is 0.0946. The molecule has 122 valence electrons. The van der Waals surface area contributed by atoms with Gasteiger partial charge < -0.3 is 10.1 Å². The molecule has 0 saturated carbocycles. The molecule has 0 unspecified atom stereocenters. The fourth-order valence-corrected chi connectivity index (χ4v) is 2.90. The van der Waals surface area contributed by atoms with E-state index in [1.165, 1.54) is 24.5 Å². The lowest BCUT2D eigenvalue weighted by atomic mass is 10.2. The van der Waals surface area contributed by atoms with Crippen molar-refractivity contribution in [3.63, 3.8) is 0 Å². The summed E-state index contributed by atoms with van der Waals surface area (Å²) in [6, 6.07) is 8.20. The number of rotatable bonds is 5. The van der Waals surface area contributed by atoms with Gasteiger partial charge >= 0.3 is 0 Å². The van der Waals surface area contributed by atoms with Crippen molar-refractivity contribution < 1.29 is 13.9 Å². The highest BCUT2D eigenvalue weighted by Crippen LogP contribution is 2.28. The van der Waals surface area contributed by atoms with Gasteiger partial charge in [-0.15, -0.1) is 11.3 Å². The molecule has 0 saturated heterocycles. The Labute approximate surface area is 142 Å². The molecule has 1 aromatic carbocycles. The van der Waals surface area contributed by atoms with Gasteiger partial charge in [0.05, 0.1) is 7.11 Å². The van der Waals surface area contributed by atoms with Crippen LogP contribution in [-0.4, -0.2) is 23.0 Å². The fourth-order valence-electron chi connectivity index (χ4n) is 2.07. The van der Waals surface area contributed by atoms with Crippen LogP contribution in [0.4, 0.5) is 4.39 Å². The van der Waals surface area contributed by atoms with Crippen molar-refractivity contribution in [2.24, 2.45) is 0 Å². The molecule has 0 bridgehead atoms. The number of hydrogen-bond donors (Lipinski definition) is 1. The van der Waals surface area contributed by atoms with Crippen LogP contribution in [0, 0.1) is 5.82 Å². The molecule has 3 rings (SSSR count). The Balaban J connectivity index is 1.72. The minimum absolute atomic E-state index is 0.258. The molecule has 7 heteroatoms. The lowest BCUT2D eigenvalue weighted by Gasteiger charge is -2.03. The summed E-state index contributed by atoms with van der Waals surface area (Å²) in [5.74, 6) is -0.316. The summed E-state index contributed by atoms with van der Waals surface area (Å²) in [6.07, 6.45) is 3.35. The topological polar surface area (TPSA) is 64.1 Å². The number of carbonyl (C=O) groups is 1. The third-order valence-electron chi connectivity index (χ3n) is 3.32. The zero-order chi connectivity index (χ0) is 16.9. The van der Waals surface area contributed by atoms with E-state index in [2.05, 4.69) is 15.3 Å². The number of halogens is 1. The number of aromatic nitrogens is 2. The molecular formula is C17H14FN3O2S. The van der Waals surface area contributed by atoms with E-state index in [4.69, 9.17) is 4.74 Å². The Hall–Kier alpha value is -2.80. The van der Waals surface area contributed by atoms with Gasteiger partial charge in [0.25, 0.3) is 5.91 Å². The van der Waals surface area contributed by atoms with Crippen molar-refractivity contribution in [2.45, 2.75) is 6.54 Å². The summed E-state index contributed by atoms with van der Waals surface area (Å²) < 4.78 is 19.1. The molecule has 0 aliphatic carbocycles. The monoisotopic (exact) mass is 343 g/mol. The van der Waals surface area contributed by atoms with Crippen molar-refractivity contribution in [3.8, 4) is 16.3 Å². The van der Waals surface area contributed by atoms with Crippen molar-refractivity contribution in [1.82, 2.24) is 15.3 Å². The van der Waals surface area contributed by atoms with Gasteiger partial charge in [0.2, 0.25) is 0 Å². The maximum Gasteiger partial charge on any atom is 0.271 e. The predicted molar refractivity (Wildman–Crippen MR) is 89.5 cm³/mol. The predicted octanol–water partition coefficient (Wildman–Crippen LogP) is 3.28. The summed E-state index contributed by atoms with van der Waals surface area (Å²) in [4.78, 5) is 20.4. The molecule has 0 aliphatic rings. The van der Waals surface area contributed by atoms with Crippen LogP contribution in [0.3, 0.4) is 0 Å². The summed E-state index contributed by atoms with van der Waals surface area (Å²) >= 11 is 1.22. The standard InChI is InChI=1S/C17H14FN3O2S/c1-23-12-4-5-13(14(18)7-12)17-21-15(10-24-17)16(22)20-9-11-3-2-6-19-8-11/h2-8,10H,9H2,1H3,(H,20,22). The van der Waals surface area contributed by atoms with Crippen LogP contribution in [0.5, 0.6) is 5.75 Å². The van der Waals surface area contributed by atoms with Crippen molar-refractivity contribution in [2.75, 3.05) is 7.11 Å². The first-order chi connectivity index (χ1) is 11.7. The number of ether oxygens (including phenoxy) is 1. The van der Waals surface area contributed by atoms with Gasteiger partial charge in [-0.25, -0.2) is 9.37 Å². The van der Waals surface area contributed by atoms with Crippen LogP contribution in [-0.2, 0) is 6.54 Å². The number of nitrogens with one attached hydrogen (secondary N) is 1. The van der Waals surface area contributed by atoms with Crippen LogP contribution in [0.15, 0.2) is 48.1 Å². The van der Waals surface area contributed by atoms with E-state index in [-0.39, 0.29) is 11.6 Å². The minimum atomic E-state index is -0.439. The average Bonchev–Trinajstić information content (AvgIpc) is 3.10. The van der Waals surface area contributed by atoms with Gasteiger partial charge in [-0.1, -0.05) is 6.07 Å². The molecule has 3 aromatic rings. The number of thiazole rings is 1. The van der Waals surface area contributed by atoms with E-state index in [0.717, 1.165) is 5.56 Å². The molecule has 0 radical (unpaired) electrons. The maximum atomic E-state index is 14.1. The van der Waals surface area contributed by atoms with Crippen LogP contribution >= 0.6 is 11.3 Å². The lowest BCUT2D eigenvalue weighted by Crippen LogP contribution is -2.23. The van der Waals surface area contributed by atoms with Gasteiger partial charge in [0.15, 0.2) is 0 Å². The number of hydrogen-bond acceptors (Lipinski definition) is 5. The Morgan fingerprint density at radius 3 is 2.96 bits per heavy atom. The summed E-state index contributed by atoms with van der Waals surface area (Å²) in [7, 11) is 1.47. The highest BCUT2D eigenvalue weighted by atomic mass is 32.1. The number of pyridine rings is 1. The SMILES string of the molecule is COc1ccc(-c2nc(C(=O)NCc3cccnc3)cs2)c(F)c1. The second kappa shape index (κ2) is 7.18. The van der Waals surface area contributed by atoms with Gasteiger partial charge in [-0.05, 0) is 23.8 Å². The fraction of sp³-hybridized carbons (Fsp3) is 0.118. The van der Waals surface area contributed by atoms with E-state index < -0.39 is 5.82 Å². The number of amides is 1. The Morgan fingerprint density at radius 2 is 2.25 bits per heavy atom. The molecule has 0 spiro atoms. The van der Waals surface area contributed by atoms with Crippen molar-refractivity contribution in [1.29, 1.82) is 0 Å². The number of carbonyl (C=O) groups excluding carboxylic acids is 1. The van der Waals surface area contributed by atoms with E-state index in [0.29, 0.717) is 22.9 Å². The minimum Gasteiger partial charge on any atom is -0.497 e. The van der Waals surface area contributed by atoms with Crippen LogP contribution in [0.25, 0.3) is 10.6 Å². The number of nitrogens with zero attached hydrogens (tertiary/aromatic N) is 2. The number of methoxy groups -OCH3 is 1. The van der Waals surface area contributed by atoms with Crippen LogP contribution < -0.4 is 10.1 Å². The average molecular weight is 343 g/mol. The normalized spacial score (nSPS) is 10.4. The second-order valence-electron chi connectivity index (χ2n) is 4.93. The molecule has 0 aliphatic heterocycles. The first-order valence-corrected chi connectivity index (χ1v) is 8.02. The van der Waals surface area contributed by atoms with Crippen molar-refractivity contribution >= 4 is 17.2 Å². The highest BCUT2D eigenvalue weighted by molar-refractivity contribution is 7.13. The third-order valence-corrected chi connectivity index (χ3v) is 4.19. The molecule has 5 nitrogen and oxygen atoms in total. The summed E-state index contributed by atoms with van der Waals surface area (Å²) in [5.41, 5.74) is 1.49. The first kappa shape index (κ1) is 16.1. The quantitative estimate of drug-likeness (QED) is 0.772. The Kier molecular flexibility index (Phi) is 4.81. The van der Waals surface area contributed by atoms with Crippen molar-refractivity contribution in [3.05, 3.63) is 65.2 Å². The third kappa shape index (κ3) is 3.57. The van der Waals surface area contributed by atoms with Gasteiger partial charge in [-0.2, -0.15) is 0 Å². The maximum absolute atomic E-state index is 14.1. The van der Waals surface area contributed by atoms with Crippen LogP contribution in [0.2, 0.25) is 0 Å². The Morgan fingerprint density at radius 1 is 1.38 bits per heavy atom. The van der Waals surface area contributed by atoms with E-state index in [1.807, 2.05) is 6.07 Å². The molecule has 0 fully saturated rings. The van der Waals surface area contributed by atoms with Crippen LogP contribution in [0.1, 0.15) is 16.1 Å². The first-order valence-electron chi connectivity index (χ1n) is 7.14. The highest BCUT2D eigenvalue weighted by Gasteiger charge is 2.14. The zero-order valence-electron chi connectivity index (χ0n) is 12.8. The second-order valence-corrected chi connectivity index (χ2v) is 5.79. The van der Waals surface area contributed by atoms with Gasteiger partial charge in [-0.3, -0.25) is 9.78 Å². The molecule has 0 atom stereocenters. The number of benzene rings is 1. The molecule has 2 aromatic heterocycles. The van der Waals surface area contributed by atoms with E-state index >= 15 is 0 Å². The molecule has 24 heavy (non-hydrogen) atoms. The van der Waals surface area contributed by atoms with Gasteiger partial charge in [0.1, 0.15) is 22.3 Å².